The summed E-state index contributed by atoms with van der Waals surface area (Å²) in [4.78, 5) is 12.9. The van der Waals surface area contributed by atoms with Crippen LogP contribution in [0.3, 0.4) is 0 Å². The summed E-state index contributed by atoms with van der Waals surface area (Å²) in [5.41, 5.74) is 1.67. The Morgan fingerprint density at radius 3 is 1.89 bits per heavy atom. The summed E-state index contributed by atoms with van der Waals surface area (Å²) < 4.78 is 5.45. The fraction of sp³-hybridized carbons (Fsp3) is 0.0417. The van der Waals surface area contributed by atoms with Crippen LogP contribution in [0.25, 0.3) is 21.9 Å². The van der Waals surface area contributed by atoms with Crippen LogP contribution in [0.2, 0.25) is 0 Å². The Balaban J connectivity index is 1.86. The molecule has 0 spiro atoms. The van der Waals surface area contributed by atoms with E-state index >= 15 is 0 Å². The van der Waals surface area contributed by atoms with Gasteiger partial charge in [-0.2, -0.15) is 0 Å². The predicted octanol–water partition coefficient (Wildman–Crippen LogP) is 5.28. The number of benzene rings is 4. The average Bonchev–Trinajstić information content (AvgIpc) is 2.75. The smallest absolute Gasteiger partial charge is 0.343 e. The number of carbonyl (C=O) groups excluding carboxylic acids is 1. The van der Waals surface area contributed by atoms with Crippen LogP contribution in [-0.2, 0) is 11.3 Å². The zero-order chi connectivity index (χ0) is 19.5. The SMILES string of the molecule is O=C(OCc1ccccc1)c1c(-c2ccccc2)c(O)c2ccccc2c1O. The maximum absolute atomic E-state index is 12.9. The van der Waals surface area contributed by atoms with Crippen molar-refractivity contribution in [1.82, 2.24) is 0 Å². The van der Waals surface area contributed by atoms with Gasteiger partial charge in [-0.05, 0) is 11.1 Å². The third-order valence-corrected chi connectivity index (χ3v) is 4.64. The molecule has 0 aromatic heterocycles. The standard InChI is InChI=1S/C24H18O4/c25-22-18-13-7-8-14-19(18)23(26)21(20(22)17-11-5-2-6-12-17)24(27)28-15-16-9-3-1-4-10-16/h1-14,25-26H,15H2. The highest BCUT2D eigenvalue weighted by Crippen LogP contribution is 2.45. The molecule has 4 rings (SSSR count). The number of fused-ring (bicyclic) bond motifs is 1. The van der Waals surface area contributed by atoms with Crippen molar-refractivity contribution >= 4 is 16.7 Å². The first kappa shape index (κ1) is 17.6. The van der Waals surface area contributed by atoms with E-state index in [-0.39, 0.29) is 29.2 Å². The van der Waals surface area contributed by atoms with Crippen molar-refractivity contribution in [3.8, 4) is 22.6 Å². The fourth-order valence-electron chi connectivity index (χ4n) is 3.28. The molecule has 0 atom stereocenters. The fourth-order valence-corrected chi connectivity index (χ4v) is 3.28. The highest BCUT2D eigenvalue weighted by molar-refractivity contribution is 6.11. The van der Waals surface area contributed by atoms with E-state index in [9.17, 15) is 15.0 Å². The van der Waals surface area contributed by atoms with Crippen LogP contribution in [0.5, 0.6) is 11.5 Å². The number of ether oxygens (including phenoxy) is 1. The lowest BCUT2D eigenvalue weighted by molar-refractivity contribution is 0.0470. The van der Waals surface area contributed by atoms with Gasteiger partial charge < -0.3 is 14.9 Å². The Labute approximate surface area is 162 Å². The summed E-state index contributed by atoms with van der Waals surface area (Å²) in [6.07, 6.45) is 0. The molecule has 0 saturated heterocycles. The number of rotatable bonds is 4. The lowest BCUT2D eigenvalue weighted by atomic mass is 9.93. The van der Waals surface area contributed by atoms with E-state index in [4.69, 9.17) is 4.74 Å². The quantitative estimate of drug-likeness (QED) is 0.379. The van der Waals surface area contributed by atoms with Gasteiger partial charge in [0.05, 0.1) is 0 Å². The van der Waals surface area contributed by atoms with Gasteiger partial charge in [-0.1, -0.05) is 84.9 Å². The molecule has 0 radical (unpaired) electrons. The van der Waals surface area contributed by atoms with Gasteiger partial charge in [-0.15, -0.1) is 0 Å². The summed E-state index contributed by atoms with van der Waals surface area (Å²) in [5.74, 6) is -0.960. The van der Waals surface area contributed by atoms with Crippen LogP contribution in [0.4, 0.5) is 0 Å². The third kappa shape index (κ3) is 3.16. The molecule has 4 nitrogen and oxygen atoms in total. The predicted molar refractivity (Wildman–Crippen MR) is 108 cm³/mol. The van der Waals surface area contributed by atoms with Crippen molar-refractivity contribution in [2.45, 2.75) is 6.61 Å². The zero-order valence-corrected chi connectivity index (χ0v) is 15.0. The maximum atomic E-state index is 12.9. The molecule has 4 aromatic carbocycles. The van der Waals surface area contributed by atoms with Crippen LogP contribution in [-0.4, -0.2) is 16.2 Å². The van der Waals surface area contributed by atoms with E-state index in [1.54, 1.807) is 48.5 Å². The molecular weight excluding hydrogens is 352 g/mol. The van der Waals surface area contributed by atoms with Crippen LogP contribution >= 0.6 is 0 Å². The number of esters is 1. The second-order valence-electron chi connectivity index (χ2n) is 6.42. The molecule has 0 aliphatic rings. The average molecular weight is 370 g/mol. The molecule has 0 bridgehead atoms. The van der Waals surface area contributed by atoms with E-state index in [1.165, 1.54) is 0 Å². The van der Waals surface area contributed by atoms with Gasteiger partial charge in [0.15, 0.2) is 0 Å². The van der Waals surface area contributed by atoms with Crippen LogP contribution < -0.4 is 0 Å². The molecule has 28 heavy (non-hydrogen) atoms. The number of phenols is 2. The highest BCUT2D eigenvalue weighted by Gasteiger charge is 2.26. The van der Waals surface area contributed by atoms with Gasteiger partial charge in [-0.3, -0.25) is 0 Å². The molecule has 4 heteroatoms. The van der Waals surface area contributed by atoms with E-state index in [0.717, 1.165) is 5.56 Å². The Morgan fingerprint density at radius 2 is 1.25 bits per heavy atom. The number of hydrogen-bond acceptors (Lipinski definition) is 4. The molecule has 0 saturated carbocycles. The molecule has 0 unspecified atom stereocenters. The molecule has 0 amide bonds. The molecule has 0 fully saturated rings. The second-order valence-corrected chi connectivity index (χ2v) is 6.42. The monoisotopic (exact) mass is 370 g/mol. The molecule has 138 valence electrons. The lowest BCUT2D eigenvalue weighted by Gasteiger charge is -2.16. The van der Waals surface area contributed by atoms with E-state index in [1.807, 2.05) is 36.4 Å². The molecule has 0 heterocycles. The first-order valence-corrected chi connectivity index (χ1v) is 8.90. The summed E-state index contributed by atoms with van der Waals surface area (Å²) in [7, 11) is 0. The minimum atomic E-state index is -0.693. The topological polar surface area (TPSA) is 66.8 Å². The van der Waals surface area contributed by atoms with Crippen molar-refractivity contribution < 1.29 is 19.7 Å². The molecule has 0 aliphatic carbocycles. The molecule has 2 N–H and O–H groups in total. The van der Waals surface area contributed by atoms with Gasteiger partial charge in [0, 0.05) is 16.3 Å². The van der Waals surface area contributed by atoms with Crippen LogP contribution in [0.15, 0.2) is 84.9 Å². The Bertz CT molecular complexity index is 1140. The number of aromatic hydroxyl groups is 2. The molecule has 0 aliphatic heterocycles. The van der Waals surface area contributed by atoms with Crippen molar-refractivity contribution in [2.24, 2.45) is 0 Å². The largest absolute Gasteiger partial charge is 0.507 e. The number of phenolic OH excluding ortho intramolecular Hbond substituents is 2. The minimum Gasteiger partial charge on any atom is -0.507 e. The first-order chi connectivity index (χ1) is 13.7. The normalized spacial score (nSPS) is 10.7. The molecular formula is C24H18O4. The maximum Gasteiger partial charge on any atom is 0.343 e. The lowest BCUT2D eigenvalue weighted by Crippen LogP contribution is -2.08. The Kier molecular flexibility index (Phi) is 4.68. The van der Waals surface area contributed by atoms with Crippen LogP contribution in [0.1, 0.15) is 15.9 Å². The summed E-state index contributed by atoms with van der Waals surface area (Å²) >= 11 is 0. The summed E-state index contributed by atoms with van der Waals surface area (Å²) in [6, 6.07) is 25.2. The van der Waals surface area contributed by atoms with Gasteiger partial charge >= 0.3 is 5.97 Å². The van der Waals surface area contributed by atoms with Gasteiger partial charge in [0.25, 0.3) is 0 Å². The zero-order valence-electron chi connectivity index (χ0n) is 15.0. The number of carbonyl (C=O) groups is 1. The van der Waals surface area contributed by atoms with Crippen molar-refractivity contribution in [1.29, 1.82) is 0 Å². The number of hydrogen-bond donors (Lipinski definition) is 2. The second kappa shape index (κ2) is 7.45. The van der Waals surface area contributed by atoms with Crippen molar-refractivity contribution in [3.05, 3.63) is 96.1 Å². The van der Waals surface area contributed by atoms with E-state index in [0.29, 0.717) is 16.3 Å². The molecule has 4 aromatic rings. The summed E-state index contributed by atoms with van der Waals surface area (Å²) in [5, 5.41) is 22.7. The third-order valence-electron chi connectivity index (χ3n) is 4.64. The van der Waals surface area contributed by atoms with Crippen molar-refractivity contribution in [3.63, 3.8) is 0 Å². The van der Waals surface area contributed by atoms with E-state index in [2.05, 4.69) is 0 Å². The summed E-state index contributed by atoms with van der Waals surface area (Å²) in [6.45, 7) is 0.0704. The van der Waals surface area contributed by atoms with Crippen molar-refractivity contribution in [2.75, 3.05) is 0 Å². The first-order valence-electron chi connectivity index (χ1n) is 8.90. The van der Waals surface area contributed by atoms with Crippen LogP contribution in [0, 0.1) is 0 Å². The van der Waals surface area contributed by atoms with Gasteiger partial charge in [0.2, 0.25) is 0 Å². The Hall–Kier alpha value is -3.79. The van der Waals surface area contributed by atoms with Gasteiger partial charge in [0.1, 0.15) is 23.7 Å². The Morgan fingerprint density at radius 1 is 0.714 bits per heavy atom. The van der Waals surface area contributed by atoms with E-state index < -0.39 is 5.97 Å². The highest BCUT2D eigenvalue weighted by atomic mass is 16.5. The van der Waals surface area contributed by atoms with Gasteiger partial charge in [-0.25, -0.2) is 4.79 Å². The minimum absolute atomic E-state index is 0.0432.